The molecule has 1 aromatic carbocycles. The molecule has 0 spiro atoms. The third kappa shape index (κ3) is 14.6. The molecule has 10 nitrogen and oxygen atoms in total. The summed E-state index contributed by atoms with van der Waals surface area (Å²) in [5.74, 6) is -0.371. The van der Waals surface area contributed by atoms with E-state index in [2.05, 4.69) is 27.6 Å². The normalized spacial score (nSPS) is 11.9. The molecule has 0 aliphatic rings. The number of nitrogens with one attached hydrogen (secondary N) is 2. The SMILES string of the molecule is C=C(C(COCc1ccccc1)NC(=O)C(C)(C)N)N(CCCC(=O)NCCCCN)N=NC.CC. The lowest BCUT2D eigenvalue weighted by molar-refractivity contribution is -0.126. The highest BCUT2D eigenvalue weighted by atomic mass is 16.5. The zero-order valence-electron chi connectivity index (χ0n) is 22.8. The van der Waals surface area contributed by atoms with Crippen molar-refractivity contribution in [2.75, 3.05) is 33.3 Å². The van der Waals surface area contributed by atoms with Crippen LogP contribution in [-0.4, -0.2) is 61.7 Å². The van der Waals surface area contributed by atoms with E-state index in [4.69, 9.17) is 16.2 Å². The number of nitrogens with zero attached hydrogens (tertiary/aromatic N) is 3. The fourth-order valence-corrected chi connectivity index (χ4v) is 2.94. The Morgan fingerprint density at radius 2 is 1.83 bits per heavy atom. The Balaban J connectivity index is 0.00000596. The Morgan fingerprint density at radius 3 is 2.42 bits per heavy atom. The zero-order chi connectivity index (χ0) is 27.4. The van der Waals surface area contributed by atoms with Crippen LogP contribution in [0, 0.1) is 0 Å². The highest BCUT2D eigenvalue weighted by Gasteiger charge is 2.28. The van der Waals surface area contributed by atoms with Gasteiger partial charge in [0.15, 0.2) is 0 Å². The van der Waals surface area contributed by atoms with Gasteiger partial charge in [0.2, 0.25) is 11.8 Å². The first-order chi connectivity index (χ1) is 17.2. The molecule has 1 unspecified atom stereocenters. The van der Waals surface area contributed by atoms with Crippen LogP contribution in [0.2, 0.25) is 0 Å². The molecule has 2 amide bonds. The highest BCUT2D eigenvalue weighted by molar-refractivity contribution is 5.85. The van der Waals surface area contributed by atoms with E-state index in [1.807, 2.05) is 44.2 Å². The van der Waals surface area contributed by atoms with E-state index in [0.29, 0.717) is 44.8 Å². The standard InChI is InChI=1S/C24H41N7O3.C2H6/c1-19(31(30-27-4)16-10-13-22(32)28-15-9-8-14-25)21(29-23(33)24(2,3)26)18-34-17-20-11-6-5-7-12-20;1-2/h5-7,11-12,21H,1,8-10,13-18,25-26H2,2-4H3,(H,28,32)(H,29,33);1-2H3. The highest BCUT2D eigenvalue weighted by Crippen LogP contribution is 2.13. The van der Waals surface area contributed by atoms with Crippen molar-refractivity contribution in [1.29, 1.82) is 0 Å². The predicted molar refractivity (Wildman–Crippen MR) is 145 cm³/mol. The average molecular weight is 506 g/mol. The van der Waals surface area contributed by atoms with Crippen molar-refractivity contribution in [3.05, 3.63) is 48.2 Å². The van der Waals surface area contributed by atoms with Gasteiger partial charge in [-0.05, 0) is 45.2 Å². The fraction of sp³-hybridized carbons (Fsp3) is 0.615. The van der Waals surface area contributed by atoms with Crippen LogP contribution in [0.4, 0.5) is 0 Å². The molecule has 0 heterocycles. The van der Waals surface area contributed by atoms with Gasteiger partial charge in [-0.15, -0.1) is 0 Å². The Bertz CT molecular complexity index is 779. The number of carbonyl (C=O) groups excluding carboxylic acids is 2. The van der Waals surface area contributed by atoms with Gasteiger partial charge in [0.1, 0.15) is 0 Å². The molecule has 1 rings (SSSR count). The van der Waals surface area contributed by atoms with E-state index >= 15 is 0 Å². The number of unbranched alkanes of at least 4 members (excludes halogenated alkanes) is 1. The van der Waals surface area contributed by atoms with Crippen LogP contribution in [-0.2, 0) is 20.9 Å². The van der Waals surface area contributed by atoms with Crippen LogP contribution < -0.4 is 22.1 Å². The quantitative estimate of drug-likeness (QED) is 0.145. The van der Waals surface area contributed by atoms with Gasteiger partial charge in [0.25, 0.3) is 0 Å². The molecule has 0 aromatic heterocycles. The number of nitrogens with two attached hydrogens (primary N) is 2. The molecular formula is C26H47N7O3. The van der Waals surface area contributed by atoms with Gasteiger partial charge in [-0.1, -0.05) is 56.0 Å². The van der Waals surface area contributed by atoms with Crippen LogP contribution in [0.1, 0.15) is 58.9 Å². The summed E-state index contributed by atoms with van der Waals surface area (Å²) >= 11 is 0. The molecule has 6 N–H and O–H groups in total. The first kappa shape index (κ1) is 33.2. The summed E-state index contributed by atoms with van der Waals surface area (Å²) in [5.41, 5.74) is 11.9. The second kappa shape index (κ2) is 19.4. The minimum Gasteiger partial charge on any atom is -0.374 e. The number of carbonyl (C=O) groups is 2. The molecule has 0 fully saturated rings. The number of hydrogen-bond donors (Lipinski definition) is 4. The number of benzene rings is 1. The average Bonchev–Trinajstić information content (AvgIpc) is 2.86. The lowest BCUT2D eigenvalue weighted by Crippen LogP contribution is -2.54. The van der Waals surface area contributed by atoms with Crippen molar-refractivity contribution in [3.8, 4) is 0 Å². The molecule has 1 atom stereocenters. The molecule has 204 valence electrons. The predicted octanol–water partition coefficient (Wildman–Crippen LogP) is 2.90. The van der Waals surface area contributed by atoms with E-state index < -0.39 is 11.6 Å². The van der Waals surface area contributed by atoms with Gasteiger partial charge < -0.3 is 26.8 Å². The maximum atomic E-state index is 12.6. The lowest BCUT2D eigenvalue weighted by atomic mass is 10.1. The molecule has 0 saturated heterocycles. The van der Waals surface area contributed by atoms with Gasteiger partial charge in [-0.3, -0.25) is 9.59 Å². The molecule has 0 saturated carbocycles. The fourth-order valence-electron chi connectivity index (χ4n) is 2.94. The largest absolute Gasteiger partial charge is 0.374 e. The third-order valence-electron chi connectivity index (χ3n) is 4.94. The lowest BCUT2D eigenvalue weighted by Gasteiger charge is -2.30. The summed E-state index contributed by atoms with van der Waals surface area (Å²) in [6, 6.07) is 9.16. The van der Waals surface area contributed by atoms with Crippen molar-refractivity contribution in [3.63, 3.8) is 0 Å². The summed E-state index contributed by atoms with van der Waals surface area (Å²) in [7, 11) is 1.55. The van der Waals surface area contributed by atoms with E-state index in [9.17, 15) is 9.59 Å². The summed E-state index contributed by atoms with van der Waals surface area (Å²) < 4.78 is 5.86. The molecule has 0 aliphatic carbocycles. The molecule has 1 aromatic rings. The topological polar surface area (TPSA) is 147 Å². The number of hydrogen-bond acceptors (Lipinski definition) is 7. The van der Waals surface area contributed by atoms with E-state index in [-0.39, 0.29) is 18.4 Å². The van der Waals surface area contributed by atoms with Crippen molar-refractivity contribution < 1.29 is 14.3 Å². The van der Waals surface area contributed by atoms with Crippen LogP contribution in [0.15, 0.2) is 52.9 Å². The minimum atomic E-state index is -1.07. The Kier molecular flexibility index (Phi) is 17.9. The van der Waals surface area contributed by atoms with Gasteiger partial charge in [-0.2, -0.15) is 5.11 Å². The van der Waals surface area contributed by atoms with Crippen LogP contribution in [0.3, 0.4) is 0 Å². The van der Waals surface area contributed by atoms with Crippen molar-refractivity contribution >= 4 is 11.8 Å². The van der Waals surface area contributed by atoms with Crippen LogP contribution >= 0.6 is 0 Å². The molecule has 0 bridgehead atoms. The number of rotatable bonds is 17. The zero-order valence-corrected chi connectivity index (χ0v) is 22.8. The molecule has 36 heavy (non-hydrogen) atoms. The Morgan fingerprint density at radius 1 is 1.17 bits per heavy atom. The summed E-state index contributed by atoms with van der Waals surface area (Å²) in [4.78, 5) is 24.6. The molecule has 0 radical (unpaired) electrons. The second-order valence-electron chi connectivity index (χ2n) is 8.60. The van der Waals surface area contributed by atoms with Gasteiger partial charge in [0, 0.05) is 19.5 Å². The Hall–Kier alpha value is -2.82. The maximum absolute atomic E-state index is 12.6. The summed E-state index contributed by atoms with van der Waals surface area (Å²) in [5, 5.41) is 15.4. The van der Waals surface area contributed by atoms with Crippen LogP contribution in [0.5, 0.6) is 0 Å². The van der Waals surface area contributed by atoms with Crippen LogP contribution in [0.25, 0.3) is 0 Å². The smallest absolute Gasteiger partial charge is 0.240 e. The van der Waals surface area contributed by atoms with Crippen molar-refractivity contribution in [2.45, 2.75) is 71.6 Å². The van der Waals surface area contributed by atoms with Gasteiger partial charge in [0.05, 0.1) is 37.5 Å². The Labute approximate surface area is 216 Å². The van der Waals surface area contributed by atoms with Gasteiger partial charge >= 0.3 is 0 Å². The van der Waals surface area contributed by atoms with Gasteiger partial charge in [-0.25, -0.2) is 5.01 Å². The first-order valence-corrected chi connectivity index (χ1v) is 12.6. The monoisotopic (exact) mass is 505 g/mol. The van der Waals surface area contributed by atoms with E-state index in [1.165, 1.54) is 0 Å². The molecular weight excluding hydrogens is 458 g/mol. The number of ether oxygens (including phenoxy) is 1. The first-order valence-electron chi connectivity index (χ1n) is 12.6. The molecule has 0 aliphatic heterocycles. The minimum absolute atomic E-state index is 0.0306. The third-order valence-corrected chi connectivity index (χ3v) is 4.94. The van der Waals surface area contributed by atoms with E-state index in [0.717, 1.165) is 18.4 Å². The summed E-state index contributed by atoms with van der Waals surface area (Å²) in [6.45, 7) is 13.6. The summed E-state index contributed by atoms with van der Waals surface area (Å²) in [6.07, 6.45) is 2.61. The maximum Gasteiger partial charge on any atom is 0.240 e. The number of amides is 2. The van der Waals surface area contributed by atoms with Crippen molar-refractivity contribution in [2.24, 2.45) is 21.8 Å². The molecule has 10 heteroatoms. The second-order valence-corrected chi connectivity index (χ2v) is 8.60. The van der Waals surface area contributed by atoms with E-state index in [1.54, 1.807) is 25.9 Å². The van der Waals surface area contributed by atoms with Crippen molar-refractivity contribution in [1.82, 2.24) is 15.6 Å².